The second-order valence-corrected chi connectivity index (χ2v) is 8.21. The maximum Gasteiger partial charge on any atom is 0.227 e. The lowest BCUT2D eigenvalue weighted by atomic mass is 10.0. The van der Waals surface area contributed by atoms with Crippen LogP contribution < -0.4 is 15.5 Å². The van der Waals surface area contributed by atoms with Crippen LogP contribution >= 0.6 is 11.3 Å². The number of thiazole rings is 1. The number of ether oxygens (including phenoxy) is 1. The molecule has 2 N–H and O–H groups in total. The molecule has 0 spiro atoms. The molecule has 2 aromatic carbocycles. The van der Waals surface area contributed by atoms with Gasteiger partial charge in [-0.3, -0.25) is 14.9 Å². The Kier molecular flexibility index (Phi) is 6.67. The zero-order chi connectivity index (χ0) is 23.4. The summed E-state index contributed by atoms with van der Waals surface area (Å²) in [6.07, 6.45) is 0. The fourth-order valence-electron chi connectivity index (χ4n) is 3.36. The summed E-state index contributed by atoms with van der Waals surface area (Å²) in [6.45, 7) is 1.82. The molecule has 1 unspecified atom stereocenters. The summed E-state index contributed by atoms with van der Waals surface area (Å²) < 4.78 is 10.8. The van der Waals surface area contributed by atoms with E-state index < -0.39 is 17.2 Å². The number of hydrogen-bond donors (Lipinski definition) is 2. The van der Waals surface area contributed by atoms with Gasteiger partial charge in [0, 0.05) is 29.1 Å². The monoisotopic (exact) mass is 462 g/mol. The van der Waals surface area contributed by atoms with Crippen molar-refractivity contribution in [2.45, 2.75) is 19.5 Å². The van der Waals surface area contributed by atoms with Crippen LogP contribution in [0, 0.1) is 6.92 Å². The normalized spacial score (nSPS) is 11.8. The molecule has 4 aromatic rings. The van der Waals surface area contributed by atoms with Gasteiger partial charge in [0.15, 0.2) is 11.5 Å². The molecule has 0 saturated heterocycles. The van der Waals surface area contributed by atoms with Crippen molar-refractivity contribution in [2.75, 3.05) is 7.11 Å². The van der Waals surface area contributed by atoms with Gasteiger partial charge in [0.1, 0.15) is 22.6 Å². The summed E-state index contributed by atoms with van der Waals surface area (Å²) >= 11 is 1.49. The highest BCUT2D eigenvalue weighted by atomic mass is 32.1. The molecular formula is C25H22N2O5S. The van der Waals surface area contributed by atoms with Crippen LogP contribution in [-0.4, -0.2) is 23.0 Å². The molecule has 168 valence electrons. The van der Waals surface area contributed by atoms with E-state index in [1.54, 1.807) is 31.2 Å². The van der Waals surface area contributed by atoms with Gasteiger partial charge in [-0.05, 0) is 31.2 Å². The molecule has 0 aliphatic heterocycles. The molecule has 0 aliphatic rings. The molecule has 1 atom stereocenters. The Morgan fingerprint density at radius 2 is 1.91 bits per heavy atom. The second-order valence-electron chi connectivity index (χ2n) is 7.35. The molecule has 0 saturated carbocycles. The lowest BCUT2D eigenvalue weighted by Gasteiger charge is -2.18. The van der Waals surface area contributed by atoms with Crippen molar-refractivity contribution in [3.8, 4) is 22.1 Å². The summed E-state index contributed by atoms with van der Waals surface area (Å²) in [7, 11) is 1.54. The van der Waals surface area contributed by atoms with E-state index in [1.807, 2.05) is 35.7 Å². The standard InChI is InChI=1S/C25H22N2O5S/c1-15-12-20(28)23(30)24(32-15)21(22(29)16-8-10-19(31-2)11-9-16)26-13-18-14-33-25(27-18)17-6-4-3-5-7-17/h3-12,14,21,26,30H,13H2,1-2H3. The minimum atomic E-state index is -1.09. The number of carbonyl (C=O) groups is 1. The van der Waals surface area contributed by atoms with Gasteiger partial charge in [0.2, 0.25) is 11.2 Å². The third-order valence-corrected chi connectivity index (χ3v) is 5.97. The number of aromatic hydroxyl groups is 1. The molecule has 0 radical (unpaired) electrons. The van der Waals surface area contributed by atoms with Crippen LogP contribution in [0.3, 0.4) is 0 Å². The predicted octanol–water partition coefficient (Wildman–Crippen LogP) is 4.50. The number of carbonyl (C=O) groups excluding carboxylic acids is 1. The molecule has 0 fully saturated rings. The number of benzene rings is 2. The minimum Gasteiger partial charge on any atom is -0.502 e. The van der Waals surface area contributed by atoms with Gasteiger partial charge in [0.05, 0.1) is 12.8 Å². The maximum absolute atomic E-state index is 13.4. The quantitative estimate of drug-likeness (QED) is 0.372. The van der Waals surface area contributed by atoms with E-state index in [0.717, 1.165) is 16.3 Å². The molecule has 0 aliphatic carbocycles. The molecule has 4 rings (SSSR count). The highest BCUT2D eigenvalue weighted by molar-refractivity contribution is 7.13. The average molecular weight is 463 g/mol. The van der Waals surface area contributed by atoms with Crippen LogP contribution in [0.1, 0.15) is 33.6 Å². The first kappa shape index (κ1) is 22.4. The van der Waals surface area contributed by atoms with E-state index >= 15 is 0 Å². The van der Waals surface area contributed by atoms with Gasteiger partial charge in [-0.15, -0.1) is 11.3 Å². The molecule has 2 aromatic heterocycles. The largest absolute Gasteiger partial charge is 0.502 e. The van der Waals surface area contributed by atoms with Crippen molar-refractivity contribution in [1.29, 1.82) is 0 Å². The SMILES string of the molecule is COc1ccc(C(=O)C(NCc2csc(-c3ccccc3)n2)c2oc(C)cc(=O)c2O)cc1. The van der Waals surface area contributed by atoms with Gasteiger partial charge in [0.25, 0.3) is 0 Å². The van der Waals surface area contributed by atoms with Gasteiger partial charge in [-0.2, -0.15) is 0 Å². The van der Waals surface area contributed by atoms with E-state index in [4.69, 9.17) is 9.15 Å². The number of ketones is 1. The van der Waals surface area contributed by atoms with Crippen LogP contribution in [0.4, 0.5) is 0 Å². The number of methoxy groups -OCH3 is 1. The summed E-state index contributed by atoms with van der Waals surface area (Å²) in [5, 5.41) is 16.3. The first-order valence-electron chi connectivity index (χ1n) is 10.2. The van der Waals surface area contributed by atoms with Crippen LogP contribution in [-0.2, 0) is 6.54 Å². The number of aromatic nitrogens is 1. The predicted molar refractivity (Wildman–Crippen MR) is 126 cm³/mol. The molecule has 0 amide bonds. The number of nitrogens with one attached hydrogen (secondary N) is 1. The van der Waals surface area contributed by atoms with E-state index in [2.05, 4.69) is 10.3 Å². The topological polar surface area (TPSA) is 102 Å². The van der Waals surface area contributed by atoms with Crippen LogP contribution in [0.5, 0.6) is 11.5 Å². The number of aryl methyl sites for hydroxylation is 1. The van der Waals surface area contributed by atoms with Gasteiger partial charge >= 0.3 is 0 Å². The fourth-order valence-corrected chi connectivity index (χ4v) is 4.18. The lowest BCUT2D eigenvalue weighted by molar-refractivity contribution is 0.0925. The number of Topliss-reactive ketones (excluding diaryl/α,β-unsaturated/α-hetero) is 1. The van der Waals surface area contributed by atoms with Crippen molar-refractivity contribution in [2.24, 2.45) is 0 Å². The third-order valence-electron chi connectivity index (χ3n) is 5.03. The minimum absolute atomic E-state index is 0.126. The summed E-state index contributed by atoms with van der Waals surface area (Å²) in [5.74, 6) is -0.179. The number of rotatable bonds is 8. The second kappa shape index (κ2) is 9.81. The lowest BCUT2D eigenvalue weighted by Crippen LogP contribution is -2.29. The van der Waals surface area contributed by atoms with Crippen molar-refractivity contribution in [3.63, 3.8) is 0 Å². The smallest absolute Gasteiger partial charge is 0.227 e. The Morgan fingerprint density at radius 3 is 2.61 bits per heavy atom. The first-order chi connectivity index (χ1) is 16.0. The van der Waals surface area contributed by atoms with E-state index in [1.165, 1.54) is 24.5 Å². The Hall–Kier alpha value is -3.75. The Bertz CT molecular complexity index is 1310. The van der Waals surface area contributed by atoms with Crippen molar-refractivity contribution in [1.82, 2.24) is 10.3 Å². The average Bonchev–Trinajstić information content (AvgIpc) is 3.31. The number of hydrogen-bond acceptors (Lipinski definition) is 8. The van der Waals surface area contributed by atoms with Crippen molar-refractivity contribution >= 4 is 17.1 Å². The van der Waals surface area contributed by atoms with E-state index in [9.17, 15) is 14.7 Å². The molecule has 8 heteroatoms. The summed E-state index contributed by atoms with van der Waals surface area (Å²) in [5.41, 5.74) is 1.49. The summed E-state index contributed by atoms with van der Waals surface area (Å²) in [6, 6.07) is 16.5. The number of nitrogens with zero attached hydrogens (tertiary/aromatic N) is 1. The molecular weight excluding hydrogens is 440 g/mol. The zero-order valence-electron chi connectivity index (χ0n) is 18.1. The molecule has 33 heavy (non-hydrogen) atoms. The molecule has 7 nitrogen and oxygen atoms in total. The van der Waals surface area contributed by atoms with Crippen LogP contribution in [0.25, 0.3) is 10.6 Å². The van der Waals surface area contributed by atoms with E-state index in [0.29, 0.717) is 17.1 Å². The van der Waals surface area contributed by atoms with Crippen molar-refractivity contribution < 1.29 is 19.1 Å². The van der Waals surface area contributed by atoms with Gasteiger partial charge < -0.3 is 14.3 Å². The van der Waals surface area contributed by atoms with Gasteiger partial charge in [-0.25, -0.2) is 4.98 Å². The van der Waals surface area contributed by atoms with Crippen LogP contribution in [0.2, 0.25) is 0 Å². The summed E-state index contributed by atoms with van der Waals surface area (Å²) in [4.78, 5) is 30.2. The highest BCUT2D eigenvalue weighted by Gasteiger charge is 2.29. The highest BCUT2D eigenvalue weighted by Crippen LogP contribution is 2.28. The van der Waals surface area contributed by atoms with Crippen molar-refractivity contribution in [3.05, 3.63) is 99.0 Å². The van der Waals surface area contributed by atoms with Crippen LogP contribution in [0.15, 0.2) is 75.3 Å². The molecule has 0 bridgehead atoms. The fraction of sp³-hybridized carbons (Fsp3) is 0.160. The maximum atomic E-state index is 13.4. The van der Waals surface area contributed by atoms with E-state index in [-0.39, 0.29) is 18.1 Å². The van der Waals surface area contributed by atoms with Gasteiger partial charge in [-0.1, -0.05) is 30.3 Å². The Morgan fingerprint density at radius 1 is 1.18 bits per heavy atom. The zero-order valence-corrected chi connectivity index (χ0v) is 18.9. The first-order valence-corrected chi connectivity index (χ1v) is 11.1. The third kappa shape index (κ3) is 5.02. The molecule has 2 heterocycles. The Balaban J connectivity index is 1.64. The Labute approximate surface area is 194 Å².